The van der Waals surface area contributed by atoms with E-state index in [2.05, 4.69) is 10.6 Å². The van der Waals surface area contributed by atoms with Crippen molar-refractivity contribution in [3.05, 3.63) is 29.6 Å². The van der Waals surface area contributed by atoms with Gasteiger partial charge in [0.05, 0.1) is 12.2 Å². The van der Waals surface area contributed by atoms with Gasteiger partial charge in [-0.1, -0.05) is 0 Å². The summed E-state index contributed by atoms with van der Waals surface area (Å²) in [5, 5.41) is 4.63. The van der Waals surface area contributed by atoms with E-state index in [0.717, 1.165) is 12.1 Å². The molecule has 0 spiro atoms. The molecule has 0 aromatic heterocycles. The third-order valence-corrected chi connectivity index (χ3v) is 1.65. The number of anilines is 1. The monoisotopic (exact) mass is 218 g/mol. The second kappa shape index (κ2) is 4.79. The summed E-state index contributed by atoms with van der Waals surface area (Å²) in [5.41, 5.74) is -0.380. The number of nitrogens with one attached hydrogen (secondary N) is 2. The van der Waals surface area contributed by atoms with Crippen LogP contribution in [0.25, 0.3) is 0 Å². The van der Waals surface area contributed by atoms with Crippen LogP contribution in [0.1, 0.15) is 0 Å². The number of likely N-dealkylation sites (N-methyl/N-ethyl adjacent to an activating group) is 1. The third kappa shape index (κ3) is 2.69. The standard InChI is InChI=1S/C9H9F3N2O/c1-13-4-7(15)14-6-3-2-5(10)8(11)9(6)12/h2-3,13H,4H2,1H3,(H,14,15). The molecule has 6 heteroatoms. The van der Waals surface area contributed by atoms with Gasteiger partial charge in [0.1, 0.15) is 0 Å². The van der Waals surface area contributed by atoms with Crippen LogP contribution in [0.3, 0.4) is 0 Å². The maximum atomic E-state index is 13.0. The van der Waals surface area contributed by atoms with E-state index in [1.165, 1.54) is 7.05 Å². The van der Waals surface area contributed by atoms with Crippen molar-refractivity contribution in [2.24, 2.45) is 0 Å². The first-order valence-electron chi connectivity index (χ1n) is 4.14. The van der Waals surface area contributed by atoms with Gasteiger partial charge in [-0.2, -0.15) is 0 Å². The summed E-state index contributed by atoms with van der Waals surface area (Å²) in [5.74, 6) is -4.83. The topological polar surface area (TPSA) is 41.1 Å². The first kappa shape index (κ1) is 11.5. The Bertz CT molecular complexity index is 382. The molecule has 0 unspecified atom stereocenters. The summed E-state index contributed by atoms with van der Waals surface area (Å²) >= 11 is 0. The summed E-state index contributed by atoms with van der Waals surface area (Å²) in [6, 6.07) is 1.70. The molecular weight excluding hydrogens is 209 g/mol. The molecule has 0 heterocycles. The normalized spacial score (nSPS) is 10.1. The van der Waals surface area contributed by atoms with Gasteiger partial charge in [0, 0.05) is 0 Å². The Morgan fingerprint density at radius 1 is 1.27 bits per heavy atom. The SMILES string of the molecule is CNCC(=O)Nc1ccc(F)c(F)c1F. The van der Waals surface area contributed by atoms with Crippen LogP contribution in [-0.2, 0) is 4.79 Å². The molecule has 1 rings (SSSR count). The number of hydrogen-bond acceptors (Lipinski definition) is 2. The van der Waals surface area contributed by atoms with Crippen LogP contribution in [0.4, 0.5) is 18.9 Å². The average Bonchev–Trinajstić information content (AvgIpc) is 2.20. The van der Waals surface area contributed by atoms with Crippen LogP contribution in [0.5, 0.6) is 0 Å². The minimum Gasteiger partial charge on any atom is -0.322 e. The molecule has 1 aromatic carbocycles. The van der Waals surface area contributed by atoms with E-state index in [0.29, 0.717) is 0 Å². The van der Waals surface area contributed by atoms with Crippen molar-refractivity contribution in [3.63, 3.8) is 0 Å². The number of halogens is 3. The van der Waals surface area contributed by atoms with Crippen LogP contribution < -0.4 is 10.6 Å². The molecule has 1 aromatic rings. The highest BCUT2D eigenvalue weighted by Crippen LogP contribution is 2.19. The molecule has 0 saturated heterocycles. The maximum Gasteiger partial charge on any atom is 0.238 e. The fourth-order valence-corrected chi connectivity index (χ4v) is 0.977. The summed E-state index contributed by atoms with van der Waals surface area (Å²) in [6.45, 7) is -0.0432. The second-order valence-electron chi connectivity index (χ2n) is 2.80. The fraction of sp³-hybridized carbons (Fsp3) is 0.222. The van der Waals surface area contributed by atoms with Gasteiger partial charge >= 0.3 is 0 Å². The minimum absolute atomic E-state index is 0.0432. The number of carbonyl (C=O) groups is 1. The minimum atomic E-state index is -1.60. The highest BCUT2D eigenvalue weighted by atomic mass is 19.2. The number of carbonyl (C=O) groups excluding carboxylic acids is 1. The molecule has 0 aliphatic rings. The first-order chi connectivity index (χ1) is 7.06. The zero-order valence-electron chi connectivity index (χ0n) is 7.90. The Balaban J connectivity index is 2.87. The van der Waals surface area contributed by atoms with Crippen molar-refractivity contribution in [1.82, 2.24) is 5.32 Å². The van der Waals surface area contributed by atoms with Gasteiger partial charge in [0.2, 0.25) is 5.91 Å². The lowest BCUT2D eigenvalue weighted by atomic mass is 10.3. The lowest BCUT2D eigenvalue weighted by Gasteiger charge is -2.06. The van der Waals surface area contributed by atoms with Crippen molar-refractivity contribution in [2.45, 2.75) is 0 Å². The lowest BCUT2D eigenvalue weighted by molar-refractivity contribution is -0.115. The first-order valence-corrected chi connectivity index (χ1v) is 4.14. The van der Waals surface area contributed by atoms with Gasteiger partial charge in [-0.25, -0.2) is 13.2 Å². The van der Waals surface area contributed by atoms with Crippen LogP contribution in [0, 0.1) is 17.5 Å². The predicted molar refractivity (Wildman–Crippen MR) is 48.9 cm³/mol. The van der Waals surface area contributed by atoms with E-state index in [1.807, 2.05) is 0 Å². The molecular formula is C9H9F3N2O. The van der Waals surface area contributed by atoms with Gasteiger partial charge < -0.3 is 10.6 Å². The molecule has 1 amide bonds. The van der Waals surface area contributed by atoms with Crippen molar-refractivity contribution < 1.29 is 18.0 Å². The molecule has 82 valence electrons. The van der Waals surface area contributed by atoms with Gasteiger partial charge in [0.15, 0.2) is 17.5 Å². The van der Waals surface area contributed by atoms with Crippen LogP contribution in [-0.4, -0.2) is 19.5 Å². The number of hydrogen-bond donors (Lipinski definition) is 2. The lowest BCUT2D eigenvalue weighted by Crippen LogP contribution is -2.25. The Morgan fingerprint density at radius 3 is 2.53 bits per heavy atom. The number of benzene rings is 1. The Hall–Kier alpha value is -1.56. The summed E-state index contributed by atoms with van der Waals surface area (Å²) in [7, 11) is 1.53. The fourth-order valence-electron chi connectivity index (χ4n) is 0.977. The second-order valence-corrected chi connectivity index (χ2v) is 2.80. The quantitative estimate of drug-likeness (QED) is 0.750. The molecule has 0 aliphatic carbocycles. The largest absolute Gasteiger partial charge is 0.322 e. The van der Waals surface area contributed by atoms with Crippen LogP contribution >= 0.6 is 0 Å². The van der Waals surface area contributed by atoms with Gasteiger partial charge in [-0.15, -0.1) is 0 Å². The molecule has 0 radical (unpaired) electrons. The predicted octanol–water partition coefficient (Wildman–Crippen LogP) is 1.26. The van der Waals surface area contributed by atoms with E-state index in [-0.39, 0.29) is 12.2 Å². The molecule has 0 atom stereocenters. The van der Waals surface area contributed by atoms with Crippen molar-refractivity contribution >= 4 is 11.6 Å². The van der Waals surface area contributed by atoms with E-state index < -0.39 is 23.4 Å². The van der Waals surface area contributed by atoms with Gasteiger partial charge in [-0.3, -0.25) is 4.79 Å². The molecule has 2 N–H and O–H groups in total. The van der Waals surface area contributed by atoms with Crippen LogP contribution in [0.15, 0.2) is 12.1 Å². The highest BCUT2D eigenvalue weighted by molar-refractivity contribution is 5.92. The maximum absolute atomic E-state index is 13.0. The molecule has 0 bridgehead atoms. The van der Waals surface area contributed by atoms with Crippen LogP contribution in [0.2, 0.25) is 0 Å². The Morgan fingerprint density at radius 2 is 1.93 bits per heavy atom. The average molecular weight is 218 g/mol. The zero-order chi connectivity index (χ0) is 11.4. The number of amides is 1. The van der Waals surface area contributed by atoms with E-state index in [9.17, 15) is 18.0 Å². The summed E-state index contributed by atoms with van der Waals surface area (Å²) < 4.78 is 38.2. The smallest absolute Gasteiger partial charge is 0.238 e. The van der Waals surface area contributed by atoms with Gasteiger partial charge in [-0.05, 0) is 19.2 Å². The molecule has 15 heavy (non-hydrogen) atoms. The highest BCUT2D eigenvalue weighted by Gasteiger charge is 2.14. The molecule has 0 saturated carbocycles. The van der Waals surface area contributed by atoms with Crippen molar-refractivity contribution in [1.29, 1.82) is 0 Å². The van der Waals surface area contributed by atoms with Gasteiger partial charge in [0.25, 0.3) is 0 Å². The summed E-state index contributed by atoms with van der Waals surface area (Å²) in [6.07, 6.45) is 0. The molecule has 0 aliphatic heterocycles. The summed E-state index contributed by atoms with van der Waals surface area (Å²) in [4.78, 5) is 11.0. The van der Waals surface area contributed by atoms with Crippen molar-refractivity contribution in [3.8, 4) is 0 Å². The number of rotatable bonds is 3. The van der Waals surface area contributed by atoms with Crippen molar-refractivity contribution in [2.75, 3.05) is 18.9 Å². The zero-order valence-corrected chi connectivity index (χ0v) is 7.90. The van der Waals surface area contributed by atoms with E-state index in [4.69, 9.17) is 0 Å². The Labute approximate surface area is 84.3 Å². The Kier molecular flexibility index (Phi) is 3.68. The molecule has 3 nitrogen and oxygen atoms in total. The third-order valence-electron chi connectivity index (χ3n) is 1.65. The van der Waals surface area contributed by atoms with E-state index >= 15 is 0 Å². The molecule has 0 fully saturated rings. The van der Waals surface area contributed by atoms with E-state index in [1.54, 1.807) is 0 Å².